The van der Waals surface area contributed by atoms with Crippen molar-refractivity contribution in [3.05, 3.63) is 12.2 Å². The lowest BCUT2D eigenvalue weighted by Gasteiger charge is -2.04. The van der Waals surface area contributed by atoms with Crippen molar-refractivity contribution in [1.82, 2.24) is 0 Å². The van der Waals surface area contributed by atoms with Crippen molar-refractivity contribution >= 4 is 37.8 Å². The van der Waals surface area contributed by atoms with Gasteiger partial charge in [0, 0.05) is 11.4 Å². The number of alkyl halides is 2. The summed E-state index contributed by atoms with van der Waals surface area (Å²) in [6, 6.07) is 0. The predicted octanol–water partition coefficient (Wildman–Crippen LogP) is 2.26. The second kappa shape index (κ2) is 6.85. The molecule has 1 atom stereocenters. The maximum atomic E-state index is 10.7. The molecule has 0 aromatic rings. The molecule has 0 aliphatic rings. The zero-order chi connectivity index (χ0) is 8.69. The Bertz CT molecular complexity index is 145. The summed E-state index contributed by atoms with van der Waals surface area (Å²) >= 11 is 6.56. The summed E-state index contributed by atoms with van der Waals surface area (Å²) in [7, 11) is 0. The Morgan fingerprint density at radius 3 is 2.82 bits per heavy atom. The van der Waals surface area contributed by atoms with E-state index in [1.165, 1.54) is 6.08 Å². The van der Waals surface area contributed by atoms with Crippen molar-refractivity contribution in [2.24, 2.45) is 0 Å². The molecule has 0 radical (unpaired) electrons. The van der Waals surface area contributed by atoms with Gasteiger partial charge < -0.3 is 4.74 Å². The minimum Gasteiger partial charge on any atom is -0.461 e. The topological polar surface area (TPSA) is 26.3 Å². The van der Waals surface area contributed by atoms with Crippen molar-refractivity contribution in [2.75, 3.05) is 11.9 Å². The number of hydrogen-bond donors (Lipinski definition) is 0. The van der Waals surface area contributed by atoms with E-state index in [2.05, 4.69) is 31.9 Å². The maximum absolute atomic E-state index is 10.7. The minimum absolute atomic E-state index is 0.191. The maximum Gasteiger partial charge on any atom is 0.330 e. The fourth-order valence-corrected chi connectivity index (χ4v) is 0.720. The third-order valence-electron chi connectivity index (χ3n) is 0.877. The van der Waals surface area contributed by atoms with Gasteiger partial charge in [-0.3, -0.25) is 0 Å². The predicted molar refractivity (Wildman–Crippen MR) is 52.3 cm³/mol. The van der Waals surface area contributed by atoms with Crippen LogP contribution in [0.4, 0.5) is 0 Å². The van der Waals surface area contributed by atoms with Crippen LogP contribution in [0.2, 0.25) is 0 Å². The van der Waals surface area contributed by atoms with E-state index in [0.717, 1.165) is 5.33 Å². The molecule has 0 aliphatic carbocycles. The molecule has 0 N–H and O–H groups in total. The minimum atomic E-state index is -0.294. The van der Waals surface area contributed by atoms with Crippen LogP contribution >= 0.6 is 31.9 Å². The number of esters is 1. The van der Waals surface area contributed by atoms with Crippen LogP contribution in [0.15, 0.2) is 12.2 Å². The SMILES string of the molecule is C/C=C\C(=O)OC[C@@H](Br)CBr. The van der Waals surface area contributed by atoms with Crippen LogP contribution in [0.25, 0.3) is 0 Å². The Kier molecular flexibility index (Phi) is 6.96. The van der Waals surface area contributed by atoms with Crippen LogP contribution in [-0.4, -0.2) is 22.7 Å². The fourth-order valence-electron chi connectivity index (χ4n) is 0.401. The Morgan fingerprint density at radius 2 is 2.36 bits per heavy atom. The first-order valence-corrected chi connectivity index (χ1v) is 5.24. The number of ether oxygens (including phenoxy) is 1. The summed E-state index contributed by atoms with van der Waals surface area (Å²) in [5, 5.41) is 0.774. The van der Waals surface area contributed by atoms with Gasteiger partial charge in [0.25, 0.3) is 0 Å². The highest BCUT2D eigenvalue weighted by Crippen LogP contribution is 2.03. The van der Waals surface area contributed by atoms with E-state index in [0.29, 0.717) is 6.61 Å². The number of allylic oxidation sites excluding steroid dienone is 1. The van der Waals surface area contributed by atoms with Gasteiger partial charge in [0.1, 0.15) is 6.61 Å². The van der Waals surface area contributed by atoms with Gasteiger partial charge >= 0.3 is 5.97 Å². The summed E-state index contributed by atoms with van der Waals surface area (Å²) in [6.07, 6.45) is 3.05. The Balaban J connectivity index is 3.45. The molecule has 0 spiro atoms. The van der Waals surface area contributed by atoms with E-state index in [4.69, 9.17) is 4.74 Å². The van der Waals surface area contributed by atoms with E-state index < -0.39 is 0 Å². The molecule has 0 saturated carbocycles. The van der Waals surface area contributed by atoms with Gasteiger partial charge in [-0.15, -0.1) is 0 Å². The van der Waals surface area contributed by atoms with Gasteiger partial charge in [-0.1, -0.05) is 37.9 Å². The molecule has 0 heterocycles. The number of halogens is 2. The molecule has 2 nitrogen and oxygen atoms in total. The van der Waals surface area contributed by atoms with Crippen molar-refractivity contribution in [3.8, 4) is 0 Å². The first kappa shape index (κ1) is 11.2. The van der Waals surface area contributed by atoms with E-state index in [-0.39, 0.29) is 10.8 Å². The highest BCUT2D eigenvalue weighted by molar-refractivity contribution is 9.12. The molecule has 0 rings (SSSR count). The molecule has 0 bridgehead atoms. The van der Waals surface area contributed by atoms with Crippen LogP contribution < -0.4 is 0 Å². The zero-order valence-corrected chi connectivity index (χ0v) is 9.39. The van der Waals surface area contributed by atoms with Crippen LogP contribution in [0.3, 0.4) is 0 Å². The van der Waals surface area contributed by atoms with Crippen LogP contribution in [0.5, 0.6) is 0 Å². The summed E-state index contributed by atoms with van der Waals surface area (Å²) in [5.74, 6) is -0.294. The number of carbonyl (C=O) groups is 1. The third-order valence-corrected chi connectivity index (χ3v) is 3.12. The largest absolute Gasteiger partial charge is 0.461 e. The van der Waals surface area contributed by atoms with Gasteiger partial charge in [-0.05, 0) is 6.92 Å². The Morgan fingerprint density at radius 1 is 1.73 bits per heavy atom. The zero-order valence-electron chi connectivity index (χ0n) is 6.22. The standard InChI is InChI=1S/C7H10Br2O2/c1-2-3-7(10)11-5-6(9)4-8/h2-3,6H,4-5H2,1H3/b3-2-/t6-/m0/s1. The molecule has 0 amide bonds. The van der Waals surface area contributed by atoms with Gasteiger partial charge in [0.15, 0.2) is 0 Å². The normalized spacial score (nSPS) is 13.4. The fraction of sp³-hybridized carbons (Fsp3) is 0.571. The molecule has 4 heteroatoms. The molecule has 0 fully saturated rings. The molecule has 0 saturated heterocycles. The van der Waals surface area contributed by atoms with Crippen molar-refractivity contribution in [2.45, 2.75) is 11.8 Å². The van der Waals surface area contributed by atoms with Gasteiger partial charge in [0.2, 0.25) is 0 Å². The molecule has 0 aromatic carbocycles. The Labute approximate surface area is 83.2 Å². The second-order valence-corrected chi connectivity index (χ2v) is 3.82. The molecular weight excluding hydrogens is 276 g/mol. The second-order valence-electron chi connectivity index (χ2n) is 1.88. The monoisotopic (exact) mass is 284 g/mol. The third kappa shape index (κ3) is 6.56. The Hall–Kier alpha value is 0.170. The number of carbonyl (C=O) groups excluding carboxylic acids is 1. The summed E-state index contributed by atoms with van der Waals surface area (Å²) in [5.41, 5.74) is 0. The van der Waals surface area contributed by atoms with Gasteiger partial charge in [-0.25, -0.2) is 4.79 Å². The molecule has 64 valence electrons. The van der Waals surface area contributed by atoms with Crippen LogP contribution in [0, 0.1) is 0 Å². The molecular formula is C7H10Br2O2. The van der Waals surface area contributed by atoms with E-state index in [1.807, 2.05) is 0 Å². The van der Waals surface area contributed by atoms with Gasteiger partial charge in [0.05, 0.1) is 4.83 Å². The van der Waals surface area contributed by atoms with Crippen molar-refractivity contribution in [3.63, 3.8) is 0 Å². The van der Waals surface area contributed by atoms with E-state index >= 15 is 0 Å². The lowest BCUT2D eigenvalue weighted by molar-refractivity contribution is -0.137. The number of rotatable bonds is 4. The van der Waals surface area contributed by atoms with Crippen molar-refractivity contribution in [1.29, 1.82) is 0 Å². The summed E-state index contributed by atoms with van der Waals surface area (Å²) < 4.78 is 4.83. The quantitative estimate of drug-likeness (QED) is 0.450. The molecule has 11 heavy (non-hydrogen) atoms. The first-order chi connectivity index (χ1) is 5.20. The molecule has 0 aliphatic heterocycles. The molecule has 0 aromatic heterocycles. The highest BCUT2D eigenvalue weighted by atomic mass is 79.9. The highest BCUT2D eigenvalue weighted by Gasteiger charge is 2.03. The van der Waals surface area contributed by atoms with Gasteiger partial charge in [-0.2, -0.15) is 0 Å². The summed E-state index contributed by atoms with van der Waals surface area (Å²) in [4.78, 5) is 10.9. The smallest absolute Gasteiger partial charge is 0.330 e. The first-order valence-electron chi connectivity index (χ1n) is 3.20. The number of hydrogen-bond acceptors (Lipinski definition) is 2. The average Bonchev–Trinajstić information content (AvgIpc) is 2.01. The van der Waals surface area contributed by atoms with Crippen LogP contribution in [-0.2, 0) is 9.53 Å². The average molecular weight is 286 g/mol. The van der Waals surface area contributed by atoms with Crippen molar-refractivity contribution < 1.29 is 9.53 Å². The van der Waals surface area contributed by atoms with Crippen LogP contribution in [0.1, 0.15) is 6.92 Å². The van der Waals surface area contributed by atoms with E-state index in [1.54, 1.807) is 13.0 Å². The summed E-state index contributed by atoms with van der Waals surface area (Å²) in [6.45, 7) is 2.17. The lowest BCUT2D eigenvalue weighted by Crippen LogP contribution is -2.12. The lowest BCUT2D eigenvalue weighted by atomic mass is 10.5. The molecule has 0 unspecified atom stereocenters. The van der Waals surface area contributed by atoms with E-state index in [9.17, 15) is 4.79 Å².